The fourth-order valence-electron chi connectivity index (χ4n) is 1.13. The van der Waals surface area contributed by atoms with Crippen molar-refractivity contribution in [3.8, 4) is 0 Å². The molecule has 1 N–H and O–H groups in total. The third-order valence-electron chi connectivity index (χ3n) is 1.72. The smallest absolute Gasteiger partial charge is 0.316 e. The number of thioether (sulfide) groups is 1. The van der Waals surface area contributed by atoms with Gasteiger partial charge in [-0.2, -0.15) is 13.2 Å². The van der Waals surface area contributed by atoms with Crippen molar-refractivity contribution in [3.63, 3.8) is 0 Å². The SMILES string of the molecule is CNCC=Cc1cccc(SC(F)(F)F)c1. The standard InChI is InChI=1S/C11H12F3NS/c1-15-7-3-5-9-4-2-6-10(8-9)16-11(12,13)14/h2-6,8,15H,7H2,1H3. The van der Waals surface area contributed by atoms with Crippen LogP contribution in [0.1, 0.15) is 5.56 Å². The minimum atomic E-state index is -4.23. The van der Waals surface area contributed by atoms with Crippen molar-refractivity contribution < 1.29 is 13.2 Å². The molecule has 88 valence electrons. The van der Waals surface area contributed by atoms with Gasteiger partial charge in [-0.3, -0.25) is 0 Å². The molecule has 0 aliphatic heterocycles. The molecule has 1 aromatic rings. The Morgan fingerprint density at radius 1 is 1.38 bits per heavy atom. The van der Waals surface area contributed by atoms with Crippen LogP contribution in [0.2, 0.25) is 0 Å². The van der Waals surface area contributed by atoms with E-state index in [0.717, 1.165) is 5.56 Å². The van der Waals surface area contributed by atoms with Gasteiger partial charge in [0.05, 0.1) is 0 Å². The first kappa shape index (κ1) is 13.1. The summed E-state index contributed by atoms with van der Waals surface area (Å²) in [5.41, 5.74) is -3.46. The fraction of sp³-hybridized carbons (Fsp3) is 0.273. The highest BCUT2D eigenvalue weighted by molar-refractivity contribution is 8.00. The summed E-state index contributed by atoms with van der Waals surface area (Å²) in [6.07, 6.45) is 3.65. The maximum atomic E-state index is 12.1. The van der Waals surface area contributed by atoms with Crippen molar-refractivity contribution in [3.05, 3.63) is 35.9 Å². The molecule has 0 spiro atoms. The van der Waals surface area contributed by atoms with Crippen molar-refractivity contribution in [1.29, 1.82) is 0 Å². The molecule has 0 aliphatic carbocycles. The molecule has 1 nitrogen and oxygen atoms in total. The summed E-state index contributed by atoms with van der Waals surface area (Å²) in [6.45, 7) is 0.691. The summed E-state index contributed by atoms with van der Waals surface area (Å²) in [5.74, 6) is 0. The molecule has 0 atom stereocenters. The molecule has 0 aliphatic rings. The first-order chi connectivity index (χ1) is 7.51. The third kappa shape index (κ3) is 5.23. The van der Waals surface area contributed by atoms with Gasteiger partial charge in [0.2, 0.25) is 0 Å². The van der Waals surface area contributed by atoms with Crippen LogP contribution < -0.4 is 5.32 Å². The highest BCUT2D eigenvalue weighted by Gasteiger charge is 2.28. The lowest BCUT2D eigenvalue weighted by atomic mass is 10.2. The van der Waals surface area contributed by atoms with Gasteiger partial charge in [-0.15, -0.1) is 0 Å². The molecule has 16 heavy (non-hydrogen) atoms. The van der Waals surface area contributed by atoms with Gasteiger partial charge in [0, 0.05) is 11.4 Å². The average molecular weight is 247 g/mol. The largest absolute Gasteiger partial charge is 0.446 e. The predicted molar refractivity (Wildman–Crippen MR) is 61.3 cm³/mol. The second-order valence-corrected chi connectivity index (χ2v) is 4.22. The molecule has 0 radical (unpaired) electrons. The summed E-state index contributed by atoms with van der Waals surface area (Å²) in [5, 5.41) is 2.92. The van der Waals surface area contributed by atoms with Gasteiger partial charge in [-0.1, -0.05) is 24.3 Å². The van der Waals surface area contributed by atoms with Crippen LogP contribution in [0, 0.1) is 0 Å². The zero-order valence-corrected chi connectivity index (χ0v) is 9.53. The summed E-state index contributed by atoms with van der Waals surface area (Å²) in [4.78, 5) is 0.208. The molecule has 0 amide bonds. The van der Waals surface area contributed by atoms with E-state index in [2.05, 4.69) is 5.32 Å². The summed E-state index contributed by atoms with van der Waals surface area (Å²) < 4.78 is 36.3. The number of alkyl halides is 3. The van der Waals surface area contributed by atoms with E-state index in [1.54, 1.807) is 25.3 Å². The highest BCUT2D eigenvalue weighted by atomic mass is 32.2. The molecule has 0 heterocycles. The maximum Gasteiger partial charge on any atom is 0.446 e. The van der Waals surface area contributed by atoms with E-state index in [1.165, 1.54) is 12.1 Å². The summed E-state index contributed by atoms with van der Waals surface area (Å²) >= 11 is -0.0954. The lowest BCUT2D eigenvalue weighted by Crippen LogP contribution is -2.03. The van der Waals surface area contributed by atoms with Crippen LogP contribution >= 0.6 is 11.8 Å². The Kier molecular flexibility index (Phi) is 4.89. The quantitative estimate of drug-likeness (QED) is 0.817. The number of hydrogen-bond acceptors (Lipinski definition) is 2. The zero-order valence-electron chi connectivity index (χ0n) is 8.71. The van der Waals surface area contributed by atoms with Gasteiger partial charge in [0.1, 0.15) is 0 Å². The summed E-state index contributed by atoms with van der Waals surface area (Å²) in [7, 11) is 1.81. The van der Waals surface area contributed by atoms with Crippen molar-refractivity contribution in [1.82, 2.24) is 5.32 Å². The second-order valence-electron chi connectivity index (χ2n) is 3.08. The van der Waals surface area contributed by atoms with Crippen molar-refractivity contribution in [2.24, 2.45) is 0 Å². The van der Waals surface area contributed by atoms with Crippen LogP contribution in [-0.4, -0.2) is 19.1 Å². The van der Waals surface area contributed by atoms with E-state index in [-0.39, 0.29) is 16.7 Å². The van der Waals surface area contributed by atoms with Crippen LogP contribution in [-0.2, 0) is 0 Å². The average Bonchev–Trinajstić information content (AvgIpc) is 2.16. The third-order valence-corrected chi connectivity index (χ3v) is 2.45. The lowest BCUT2D eigenvalue weighted by molar-refractivity contribution is -0.0328. The molecule has 0 bridgehead atoms. The molecule has 0 saturated carbocycles. The van der Waals surface area contributed by atoms with Crippen LogP contribution in [0.4, 0.5) is 13.2 Å². The Bertz CT molecular complexity index is 360. The van der Waals surface area contributed by atoms with Crippen molar-refractivity contribution in [2.75, 3.05) is 13.6 Å². The zero-order chi connectivity index (χ0) is 12.0. The first-order valence-corrected chi connectivity index (χ1v) is 5.50. The number of rotatable bonds is 4. The van der Waals surface area contributed by atoms with E-state index in [0.29, 0.717) is 6.54 Å². The Labute approximate surface area is 96.7 Å². The number of likely N-dealkylation sites (N-methyl/N-ethyl adjacent to an activating group) is 1. The predicted octanol–water partition coefficient (Wildman–Crippen LogP) is 3.53. The van der Waals surface area contributed by atoms with Crippen LogP contribution in [0.3, 0.4) is 0 Å². The van der Waals surface area contributed by atoms with Crippen LogP contribution in [0.15, 0.2) is 35.2 Å². The Hall–Kier alpha value is -0.940. The van der Waals surface area contributed by atoms with Crippen molar-refractivity contribution in [2.45, 2.75) is 10.4 Å². The summed E-state index contributed by atoms with van der Waals surface area (Å²) in [6, 6.07) is 6.36. The first-order valence-electron chi connectivity index (χ1n) is 4.68. The molecule has 5 heteroatoms. The topological polar surface area (TPSA) is 12.0 Å². The molecule has 0 fully saturated rings. The molecule has 0 saturated heterocycles. The number of benzene rings is 1. The van der Waals surface area contributed by atoms with Crippen LogP contribution in [0.5, 0.6) is 0 Å². The van der Waals surface area contributed by atoms with Gasteiger partial charge in [-0.25, -0.2) is 0 Å². The minimum Gasteiger partial charge on any atom is -0.316 e. The number of hydrogen-bond donors (Lipinski definition) is 1. The van der Waals surface area contributed by atoms with Gasteiger partial charge in [0.25, 0.3) is 0 Å². The van der Waals surface area contributed by atoms with E-state index in [1.807, 2.05) is 6.08 Å². The minimum absolute atomic E-state index is 0.0954. The molecule has 0 aromatic heterocycles. The van der Waals surface area contributed by atoms with Gasteiger partial charge in [-0.05, 0) is 36.5 Å². The number of halogens is 3. The Morgan fingerprint density at radius 2 is 2.12 bits per heavy atom. The maximum absolute atomic E-state index is 12.1. The van der Waals surface area contributed by atoms with Gasteiger partial charge < -0.3 is 5.32 Å². The second kappa shape index (κ2) is 5.96. The van der Waals surface area contributed by atoms with E-state index < -0.39 is 5.51 Å². The van der Waals surface area contributed by atoms with Crippen molar-refractivity contribution >= 4 is 17.8 Å². The Morgan fingerprint density at radius 3 is 2.75 bits per heavy atom. The Balaban J connectivity index is 2.71. The van der Waals surface area contributed by atoms with Gasteiger partial charge in [0.15, 0.2) is 0 Å². The fourth-order valence-corrected chi connectivity index (χ4v) is 1.74. The van der Waals surface area contributed by atoms with Gasteiger partial charge >= 0.3 is 5.51 Å². The molecular formula is C11H12F3NS. The highest BCUT2D eigenvalue weighted by Crippen LogP contribution is 2.36. The number of nitrogens with one attached hydrogen (secondary N) is 1. The lowest BCUT2D eigenvalue weighted by Gasteiger charge is -2.05. The molecule has 1 aromatic carbocycles. The van der Waals surface area contributed by atoms with E-state index >= 15 is 0 Å². The normalized spacial score (nSPS) is 12.2. The molecule has 0 unspecified atom stereocenters. The van der Waals surface area contributed by atoms with E-state index in [4.69, 9.17) is 0 Å². The molecular weight excluding hydrogens is 235 g/mol. The van der Waals surface area contributed by atoms with Crippen LogP contribution in [0.25, 0.3) is 6.08 Å². The van der Waals surface area contributed by atoms with E-state index in [9.17, 15) is 13.2 Å². The molecule has 1 rings (SSSR count). The monoisotopic (exact) mass is 247 g/mol.